The molecule has 0 amide bonds. The van der Waals surface area contributed by atoms with Gasteiger partial charge in [-0.2, -0.15) is 0 Å². The van der Waals surface area contributed by atoms with E-state index in [-0.39, 0.29) is 49.1 Å². The van der Waals surface area contributed by atoms with E-state index in [9.17, 15) is 19.5 Å². The molecule has 0 aromatic carbocycles. The molecule has 0 saturated carbocycles. The predicted molar refractivity (Wildman–Crippen MR) is 259 cm³/mol. The fourth-order valence-corrected chi connectivity index (χ4v) is 6.91. The zero-order chi connectivity index (χ0) is 45.6. The van der Waals surface area contributed by atoms with Gasteiger partial charge in [0.2, 0.25) is 0 Å². The van der Waals surface area contributed by atoms with Gasteiger partial charge >= 0.3 is 11.9 Å². The molecule has 0 bridgehead atoms. The molecule has 8 heteroatoms. The van der Waals surface area contributed by atoms with E-state index in [0.29, 0.717) is 12.8 Å². The summed E-state index contributed by atoms with van der Waals surface area (Å²) in [7, 11) is 5.39. The summed E-state index contributed by atoms with van der Waals surface area (Å²) in [6.45, 7) is 4.58. The first-order chi connectivity index (χ1) is 30.1. The highest BCUT2D eigenvalue weighted by Gasteiger charge is 2.25. The lowest BCUT2D eigenvalue weighted by Crippen LogP contribution is -2.55. The molecule has 0 aliphatic heterocycles. The monoisotopic (exact) mass is 868 g/mol. The Morgan fingerprint density at radius 1 is 0.484 bits per heavy atom. The molecule has 0 spiro atoms. The summed E-state index contributed by atoms with van der Waals surface area (Å²) < 4.78 is 17.2. The first-order valence-corrected chi connectivity index (χ1v) is 25.0. The van der Waals surface area contributed by atoms with Crippen molar-refractivity contribution in [2.45, 2.75) is 212 Å². The van der Waals surface area contributed by atoms with Gasteiger partial charge in [-0.3, -0.25) is 9.59 Å². The number of carbonyl (C=O) groups excluding carboxylic acids is 3. The standard InChI is InChI=1S/C54H93NO7/c1-6-8-10-12-14-16-18-20-22-24-25-26-27-29-31-33-35-37-39-41-43-45-53(57)62-50(48-60-47-46-51(54(58)59)55(3,4)5)49-61-52(56)44-42-40-38-36-34-32-30-28-23-21-19-17-15-13-11-9-7-2/h14,16,20-23,25-26,29,31,35,37,50-51H,6-13,15,17-19,24,27-28,30,32-34,36,38-49H2,1-5H3/b16-14+,22-20+,23-21+,26-25+,31-29+,37-35+. The molecule has 0 aliphatic carbocycles. The van der Waals surface area contributed by atoms with Crippen molar-refractivity contribution in [1.82, 2.24) is 0 Å². The van der Waals surface area contributed by atoms with Gasteiger partial charge in [0.25, 0.3) is 0 Å². The van der Waals surface area contributed by atoms with Crippen LogP contribution in [0.3, 0.4) is 0 Å². The molecule has 0 fully saturated rings. The Morgan fingerprint density at radius 3 is 1.34 bits per heavy atom. The van der Waals surface area contributed by atoms with Crippen LogP contribution in [-0.2, 0) is 28.6 Å². The number of likely N-dealkylation sites (N-methyl/N-ethyl adjacent to an activating group) is 1. The van der Waals surface area contributed by atoms with Gasteiger partial charge in [-0.1, -0.05) is 164 Å². The van der Waals surface area contributed by atoms with Crippen molar-refractivity contribution in [3.8, 4) is 0 Å². The Bertz CT molecular complexity index is 1240. The molecule has 2 atom stereocenters. The van der Waals surface area contributed by atoms with Crippen LogP contribution >= 0.6 is 0 Å². The molecule has 2 unspecified atom stereocenters. The van der Waals surface area contributed by atoms with E-state index in [1.165, 1.54) is 103 Å². The Labute approximate surface area is 381 Å². The van der Waals surface area contributed by atoms with Gasteiger partial charge < -0.3 is 28.6 Å². The number of carboxylic acid groups (broad SMARTS) is 1. The number of esters is 2. The molecule has 8 nitrogen and oxygen atoms in total. The van der Waals surface area contributed by atoms with Crippen molar-refractivity contribution in [3.05, 3.63) is 72.9 Å². The molecule has 0 N–H and O–H groups in total. The Kier molecular flexibility index (Phi) is 42.1. The summed E-state index contributed by atoms with van der Waals surface area (Å²) in [5.41, 5.74) is 0. The van der Waals surface area contributed by atoms with E-state index >= 15 is 0 Å². The number of ether oxygens (including phenoxy) is 3. The molecule has 0 aromatic heterocycles. The van der Waals surface area contributed by atoms with Crippen LogP contribution in [0.4, 0.5) is 0 Å². The zero-order valence-electron chi connectivity index (χ0n) is 40.5. The SMILES string of the molecule is CCCCC/C=C/C/C=C/C/C=C/C/C=C/C/C=C/CCCCC(=O)OC(COCCC(C(=O)[O-])[N+](C)(C)C)COC(=O)CCCCCCCCC/C=C/CCCCCCCC. The molecule has 356 valence electrons. The molecule has 0 radical (unpaired) electrons. The lowest BCUT2D eigenvalue weighted by Gasteiger charge is -2.34. The van der Waals surface area contributed by atoms with Crippen molar-refractivity contribution in [2.24, 2.45) is 0 Å². The molecular formula is C54H93NO7. The number of allylic oxidation sites excluding steroid dienone is 12. The molecular weight excluding hydrogens is 775 g/mol. The fraction of sp³-hybridized carbons (Fsp3) is 0.722. The lowest BCUT2D eigenvalue weighted by atomic mass is 10.1. The Hall–Kier alpha value is -3.23. The number of unbranched alkanes of at least 4 members (excludes halogenated alkanes) is 18. The van der Waals surface area contributed by atoms with Gasteiger partial charge in [-0.15, -0.1) is 0 Å². The van der Waals surface area contributed by atoms with Crippen molar-refractivity contribution < 1.29 is 38.2 Å². The fourth-order valence-electron chi connectivity index (χ4n) is 6.91. The summed E-state index contributed by atoms with van der Waals surface area (Å²) in [4.78, 5) is 37.0. The predicted octanol–water partition coefficient (Wildman–Crippen LogP) is 13.0. The van der Waals surface area contributed by atoms with Crippen molar-refractivity contribution in [3.63, 3.8) is 0 Å². The average Bonchev–Trinajstić information content (AvgIpc) is 3.23. The van der Waals surface area contributed by atoms with E-state index in [2.05, 4.69) is 86.8 Å². The number of carboxylic acids is 1. The summed E-state index contributed by atoms with van der Waals surface area (Å²) in [6.07, 6.45) is 56.4. The number of rotatable bonds is 44. The first kappa shape index (κ1) is 58.8. The van der Waals surface area contributed by atoms with Crippen LogP contribution < -0.4 is 5.11 Å². The maximum atomic E-state index is 12.8. The number of nitrogens with zero attached hydrogens (tertiary/aromatic N) is 1. The minimum atomic E-state index is -1.13. The minimum absolute atomic E-state index is 0.0189. The van der Waals surface area contributed by atoms with E-state index < -0.39 is 18.1 Å². The summed E-state index contributed by atoms with van der Waals surface area (Å²) in [5.74, 6) is -1.80. The molecule has 62 heavy (non-hydrogen) atoms. The second kappa shape index (κ2) is 44.4. The largest absolute Gasteiger partial charge is 0.544 e. The van der Waals surface area contributed by atoms with Gasteiger partial charge in [0, 0.05) is 19.3 Å². The molecule has 0 heterocycles. The van der Waals surface area contributed by atoms with E-state index in [1.807, 2.05) is 0 Å². The maximum absolute atomic E-state index is 12.8. The van der Waals surface area contributed by atoms with Crippen LogP contribution in [0.5, 0.6) is 0 Å². The second-order valence-corrected chi connectivity index (χ2v) is 17.7. The summed E-state index contributed by atoms with van der Waals surface area (Å²) in [5, 5.41) is 11.7. The number of aliphatic carboxylic acids is 1. The molecule has 0 saturated heterocycles. The van der Waals surface area contributed by atoms with Crippen LogP contribution in [0.1, 0.15) is 200 Å². The van der Waals surface area contributed by atoms with Gasteiger partial charge in [0.1, 0.15) is 12.6 Å². The topological polar surface area (TPSA) is 102 Å². The van der Waals surface area contributed by atoms with Crippen LogP contribution in [-0.4, -0.2) is 75.5 Å². The van der Waals surface area contributed by atoms with Gasteiger partial charge in [-0.05, 0) is 89.9 Å². The van der Waals surface area contributed by atoms with E-state index in [0.717, 1.165) is 57.8 Å². The van der Waals surface area contributed by atoms with Crippen molar-refractivity contribution in [1.29, 1.82) is 0 Å². The minimum Gasteiger partial charge on any atom is -0.544 e. The third-order valence-corrected chi connectivity index (χ3v) is 10.8. The third kappa shape index (κ3) is 42.1. The first-order valence-electron chi connectivity index (χ1n) is 25.0. The quantitative estimate of drug-likeness (QED) is 0.0260. The van der Waals surface area contributed by atoms with Gasteiger partial charge in [0.15, 0.2) is 6.10 Å². The molecule has 0 rings (SSSR count). The van der Waals surface area contributed by atoms with Crippen LogP contribution in [0.2, 0.25) is 0 Å². The summed E-state index contributed by atoms with van der Waals surface area (Å²) >= 11 is 0. The second-order valence-electron chi connectivity index (χ2n) is 17.7. The van der Waals surface area contributed by atoms with Gasteiger partial charge in [-0.25, -0.2) is 0 Å². The highest BCUT2D eigenvalue weighted by Crippen LogP contribution is 2.13. The number of carbonyl (C=O) groups is 3. The van der Waals surface area contributed by atoms with Crippen LogP contribution in [0.15, 0.2) is 72.9 Å². The van der Waals surface area contributed by atoms with E-state index in [1.54, 1.807) is 21.1 Å². The average molecular weight is 868 g/mol. The van der Waals surface area contributed by atoms with Gasteiger partial charge in [0.05, 0.1) is 40.3 Å². The molecule has 0 aromatic rings. The third-order valence-electron chi connectivity index (χ3n) is 10.8. The van der Waals surface area contributed by atoms with E-state index in [4.69, 9.17) is 14.2 Å². The number of hydrogen-bond acceptors (Lipinski definition) is 7. The Morgan fingerprint density at radius 2 is 0.855 bits per heavy atom. The van der Waals surface area contributed by atoms with Crippen molar-refractivity contribution >= 4 is 17.9 Å². The number of hydrogen-bond donors (Lipinski definition) is 0. The highest BCUT2D eigenvalue weighted by molar-refractivity contribution is 5.70. The van der Waals surface area contributed by atoms with Crippen LogP contribution in [0, 0.1) is 0 Å². The lowest BCUT2D eigenvalue weighted by molar-refractivity contribution is -0.889. The molecule has 0 aliphatic rings. The Balaban J connectivity index is 4.38. The zero-order valence-corrected chi connectivity index (χ0v) is 40.5. The number of quaternary nitrogens is 1. The maximum Gasteiger partial charge on any atom is 0.306 e. The normalized spacial score (nSPS) is 13.5. The summed E-state index contributed by atoms with van der Waals surface area (Å²) in [6, 6.07) is -0.738. The smallest absolute Gasteiger partial charge is 0.306 e. The highest BCUT2D eigenvalue weighted by atomic mass is 16.6. The van der Waals surface area contributed by atoms with Crippen molar-refractivity contribution in [2.75, 3.05) is 41.0 Å². The van der Waals surface area contributed by atoms with Crippen LogP contribution in [0.25, 0.3) is 0 Å².